The highest BCUT2D eigenvalue weighted by molar-refractivity contribution is 5.42. The standard InChI is InChI=1S/C17H21N3O2/c1-20(2)17-10-18-9-14(19-17)7-12-6-13-4-5-15(21-3)8-16(13)22-11-12/h4-5,8-10,12H,6-7,11H2,1-3H3/t12-/m1/s1. The van der Waals surface area contributed by atoms with Crippen molar-refractivity contribution in [3.05, 3.63) is 41.9 Å². The van der Waals surface area contributed by atoms with Gasteiger partial charge in [-0.2, -0.15) is 0 Å². The first-order valence-electron chi connectivity index (χ1n) is 7.43. The molecular formula is C17H21N3O2. The molecule has 1 aliphatic rings. The van der Waals surface area contributed by atoms with Crippen LogP contribution in [0, 0.1) is 5.92 Å². The Kier molecular flexibility index (Phi) is 4.13. The summed E-state index contributed by atoms with van der Waals surface area (Å²) in [4.78, 5) is 10.9. The SMILES string of the molecule is COc1ccc2c(c1)OC[C@@H](Cc1cncc(N(C)C)n1)C2. The molecule has 5 heteroatoms. The van der Waals surface area contributed by atoms with Gasteiger partial charge in [-0.1, -0.05) is 6.07 Å². The molecular weight excluding hydrogens is 278 g/mol. The van der Waals surface area contributed by atoms with Gasteiger partial charge in [-0.25, -0.2) is 4.98 Å². The average Bonchev–Trinajstić information content (AvgIpc) is 2.54. The largest absolute Gasteiger partial charge is 0.497 e. The number of ether oxygens (including phenoxy) is 2. The molecule has 2 aromatic rings. The second kappa shape index (κ2) is 6.22. The van der Waals surface area contributed by atoms with E-state index < -0.39 is 0 Å². The predicted molar refractivity (Wildman–Crippen MR) is 85.7 cm³/mol. The van der Waals surface area contributed by atoms with Crippen molar-refractivity contribution in [3.63, 3.8) is 0 Å². The second-order valence-corrected chi connectivity index (χ2v) is 5.82. The fourth-order valence-corrected chi connectivity index (χ4v) is 2.68. The molecule has 0 saturated heterocycles. The Morgan fingerprint density at radius 3 is 2.95 bits per heavy atom. The van der Waals surface area contributed by atoms with Crippen LogP contribution in [0.2, 0.25) is 0 Å². The monoisotopic (exact) mass is 299 g/mol. The molecule has 0 amide bonds. The summed E-state index contributed by atoms with van der Waals surface area (Å²) in [6, 6.07) is 6.03. The van der Waals surface area contributed by atoms with E-state index in [2.05, 4.69) is 16.0 Å². The van der Waals surface area contributed by atoms with E-state index in [4.69, 9.17) is 9.47 Å². The van der Waals surface area contributed by atoms with E-state index in [1.807, 2.05) is 37.3 Å². The fraction of sp³-hybridized carbons (Fsp3) is 0.412. The van der Waals surface area contributed by atoms with Crippen molar-refractivity contribution < 1.29 is 9.47 Å². The zero-order valence-electron chi connectivity index (χ0n) is 13.2. The van der Waals surface area contributed by atoms with Crippen LogP contribution in [0.1, 0.15) is 11.3 Å². The molecule has 0 aliphatic carbocycles. The average molecular weight is 299 g/mol. The van der Waals surface area contributed by atoms with Crippen LogP contribution in [0.15, 0.2) is 30.6 Å². The van der Waals surface area contributed by atoms with Crippen molar-refractivity contribution in [2.24, 2.45) is 5.92 Å². The van der Waals surface area contributed by atoms with Crippen LogP contribution >= 0.6 is 0 Å². The van der Waals surface area contributed by atoms with Gasteiger partial charge < -0.3 is 14.4 Å². The minimum atomic E-state index is 0.424. The summed E-state index contributed by atoms with van der Waals surface area (Å²) in [5, 5.41) is 0. The summed E-state index contributed by atoms with van der Waals surface area (Å²) in [5.74, 6) is 3.08. The normalized spacial score (nSPS) is 16.6. The molecule has 0 N–H and O–H groups in total. The molecule has 0 bridgehead atoms. The highest BCUT2D eigenvalue weighted by Gasteiger charge is 2.21. The molecule has 0 spiro atoms. The maximum atomic E-state index is 5.89. The number of fused-ring (bicyclic) bond motifs is 1. The Bertz CT molecular complexity index is 658. The van der Waals surface area contributed by atoms with Gasteiger partial charge in [-0.15, -0.1) is 0 Å². The number of aromatic nitrogens is 2. The van der Waals surface area contributed by atoms with E-state index in [1.165, 1.54) is 5.56 Å². The first kappa shape index (κ1) is 14.6. The highest BCUT2D eigenvalue weighted by atomic mass is 16.5. The Morgan fingerprint density at radius 2 is 2.18 bits per heavy atom. The maximum absolute atomic E-state index is 5.89. The van der Waals surface area contributed by atoms with E-state index in [0.717, 1.165) is 35.9 Å². The molecule has 1 aliphatic heterocycles. The van der Waals surface area contributed by atoms with Crippen molar-refractivity contribution in [2.75, 3.05) is 32.7 Å². The quantitative estimate of drug-likeness (QED) is 0.867. The Balaban J connectivity index is 1.71. The fourth-order valence-electron chi connectivity index (χ4n) is 2.68. The lowest BCUT2D eigenvalue weighted by molar-refractivity contribution is 0.219. The molecule has 0 saturated carbocycles. The first-order chi connectivity index (χ1) is 10.7. The lowest BCUT2D eigenvalue weighted by atomic mass is 9.93. The highest BCUT2D eigenvalue weighted by Crippen LogP contribution is 2.31. The van der Waals surface area contributed by atoms with Crippen LogP contribution < -0.4 is 14.4 Å². The Labute approximate surface area is 130 Å². The molecule has 1 aromatic carbocycles. The van der Waals surface area contributed by atoms with E-state index in [1.54, 1.807) is 13.3 Å². The summed E-state index contributed by atoms with van der Waals surface area (Å²) < 4.78 is 11.1. The van der Waals surface area contributed by atoms with Gasteiger partial charge in [0.15, 0.2) is 0 Å². The molecule has 1 atom stereocenters. The number of nitrogens with zero attached hydrogens (tertiary/aromatic N) is 3. The Morgan fingerprint density at radius 1 is 1.32 bits per heavy atom. The second-order valence-electron chi connectivity index (χ2n) is 5.82. The molecule has 2 heterocycles. The van der Waals surface area contributed by atoms with Gasteiger partial charge >= 0.3 is 0 Å². The number of benzene rings is 1. The maximum Gasteiger partial charge on any atom is 0.146 e. The summed E-state index contributed by atoms with van der Waals surface area (Å²) in [5.41, 5.74) is 2.24. The molecule has 0 fully saturated rings. The van der Waals surface area contributed by atoms with Gasteiger partial charge in [0.05, 0.1) is 25.6 Å². The van der Waals surface area contributed by atoms with Gasteiger partial charge in [0.25, 0.3) is 0 Å². The molecule has 3 rings (SSSR count). The third-order valence-electron chi connectivity index (χ3n) is 3.89. The number of methoxy groups -OCH3 is 1. The minimum absolute atomic E-state index is 0.424. The van der Waals surface area contributed by atoms with Crippen molar-refractivity contribution >= 4 is 5.82 Å². The van der Waals surface area contributed by atoms with Crippen LogP contribution in [0.4, 0.5) is 5.82 Å². The van der Waals surface area contributed by atoms with Gasteiger partial charge in [-0.05, 0) is 24.5 Å². The molecule has 116 valence electrons. The van der Waals surface area contributed by atoms with Gasteiger partial charge in [0.2, 0.25) is 0 Å². The van der Waals surface area contributed by atoms with Crippen molar-refractivity contribution in [1.29, 1.82) is 0 Å². The van der Waals surface area contributed by atoms with Crippen LogP contribution in [-0.4, -0.2) is 37.8 Å². The number of rotatable bonds is 4. The lowest BCUT2D eigenvalue weighted by Crippen LogP contribution is -2.23. The third-order valence-corrected chi connectivity index (χ3v) is 3.89. The molecule has 0 radical (unpaired) electrons. The van der Waals surface area contributed by atoms with Crippen LogP contribution in [0.5, 0.6) is 11.5 Å². The topological polar surface area (TPSA) is 47.5 Å². The van der Waals surface area contributed by atoms with Crippen molar-refractivity contribution in [3.8, 4) is 11.5 Å². The van der Waals surface area contributed by atoms with Crippen LogP contribution in [-0.2, 0) is 12.8 Å². The van der Waals surface area contributed by atoms with Crippen molar-refractivity contribution in [1.82, 2.24) is 9.97 Å². The predicted octanol–water partition coefficient (Wildman–Crippen LogP) is 2.34. The zero-order valence-corrected chi connectivity index (χ0v) is 13.2. The summed E-state index contributed by atoms with van der Waals surface area (Å²) in [6.45, 7) is 0.702. The number of anilines is 1. The van der Waals surface area contributed by atoms with E-state index >= 15 is 0 Å². The zero-order chi connectivity index (χ0) is 15.5. The van der Waals surface area contributed by atoms with E-state index in [0.29, 0.717) is 12.5 Å². The third kappa shape index (κ3) is 3.13. The van der Waals surface area contributed by atoms with Crippen LogP contribution in [0.25, 0.3) is 0 Å². The van der Waals surface area contributed by atoms with E-state index in [-0.39, 0.29) is 0 Å². The molecule has 22 heavy (non-hydrogen) atoms. The van der Waals surface area contributed by atoms with Crippen LogP contribution in [0.3, 0.4) is 0 Å². The minimum Gasteiger partial charge on any atom is -0.497 e. The van der Waals surface area contributed by atoms with Gasteiger partial charge in [0.1, 0.15) is 17.3 Å². The summed E-state index contributed by atoms with van der Waals surface area (Å²) in [7, 11) is 5.62. The van der Waals surface area contributed by atoms with E-state index in [9.17, 15) is 0 Å². The summed E-state index contributed by atoms with van der Waals surface area (Å²) >= 11 is 0. The first-order valence-corrected chi connectivity index (χ1v) is 7.43. The number of hydrogen-bond acceptors (Lipinski definition) is 5. The van der Waals surface area contributed by atoms with Gasteiger partial charge in [-0.3, -0.25) is 4.98 Å². The molecule has 5 nitrogen and oxygen atoms in total. The lowest BCUT2D eigenvalue weighted by Gasteiger charge is -2.25. The van der Waals surface area contributed by atoms with Crippen molar-refractivity contribution in [2.45, 2.75) is 12.8 Å². The summed E-state index contributed by atoms with van der Waals surface area (Å²) in [6.07, 6.45) is 5.49. The molecule has 0 unspecified atom stereocenters. The smallest absolute Gasteiger partial charge is 0.146 e. The molecule has 1 aromatic heterocycles. The Hall–Kier alpha value is -2.30. The number of hydrogen-bond donors (Lipinski definition) is 0. The van der Waals surface area contributed by atoms with Gasteiger partial charge in [0, 0.05) is 32.3 Å².